The van der Waals surface area contributed by atoms with E-state index in [0.717, 1.165) is 64.7 Å². The predicted molar refractivity (Wildman–Crippen MR) is 147 cm³/mol. The van der Waals surface area contributed by atoms with Crippen molar-refractivity contribution in [3.8, 4) is 0 Å². The minimum atomic E-state index is -0.102. The summed E-state index contributed by atoms with van der Waals surface area (Å²) >= 11 is 0. The van der Waals surface area contributed by atoms with E-state index in [1.807, 2.05) is 0 Å². The minimum absolute atomic E-state index is 0.0619. The first-order valence-electron chi connectivity index (χ1n) is 14.6. The maximum atomic E-state index is 13.5. The van der Waals surface area contributed by atoms with Gasteiger partial charge in [0.25, 0.3) is 0 Å². The number of carbonyl (C=O) groups is 2. The van der Waals surface area contributed by atoms with E-state index in [1.54, 1.807) is 0 Å². The molecule has 2 atom stereocenters. The van der Waals surface area contributed by atoms with Crippen molar-refractivity contribution in [2.45, 2.75) is 116 Å². The van der Waals surface area contributed by atoms with Gasteiger partial charge in [-0.3, -0.25) is 19.4 Å². The molecule has 36 heavy (non-hydrogen) atoms. The Morgan fingerprint density at radius 1 is 0.556 bits per heavy atom. The molecule has 0 radical (unpaired) electrons. The summed E-state index contributed by atoms with van der Waals surface area (Å²) in [6.07, 6.45) is 6.34. The Morgan fingerprint density at radius 2 is 0.833 bits per heavy atom. The van der Waals surface area contributed by atoms with Crippen LogP contribution in [0.1, 0.15) is 93.9 Å². The molecule has 4 fully saturated rings. The van der Waals surface area contributed by atoms with Crippen molar-refractivity contribution in [1.29, 1.82) is 0 Å². The second-order valence-electron chi connectivity index (χ2n) is 14.9. The summed E-state index contributed by atoms with van der Waals surface area (Å²) in [5.41, 5.74) is -0.0811. The number of piperidine rings is 2. The molecule has 0 aromatic carbocycles. The third-order valence-corrected chi connectivity index (χ3v) is 11.6. The molecule has 0 bridgehead atoms. The molecule has 206 valence electrons. The summed E-state index contributed by atoms with van der Waals surface area (Å²) in [6, 6.07) is 0. The van der Waals surface area contributed by atoms with Crippen LogP contribution in [0, 0.1) is 23.7 Å². The van der Waals surface area contributed by atoms with Gasteiger partial charge in [0.05, 0.1) is 11.8 Å². The summed E-state index contributed by atoms with van der Waals surface area (Å²) in [7, 11) is 4.34. The van der Waals surface area contributed by atoms with Crippen molar-refractivity contribution >= 4 is 11.8 Å². The minimum Gasteiger partial charge on any atom is -0.342 e. The number of likely N-dealkylation sites (tertiary alicyclic amines) is 4. The second kappa shape index (κ2) is 9.25. The lowest BCUT2D eigenvalue weighted by molar-refractivity contribution is -0.141. The van der Waals surface area contributed by atoms with Crippen molar-refractivity contribution in [3.63, 3.8) is 0 Å². The second-order valence-corrected chi connectivity index (χ2v) is 14.9. The van der Waals surface area contributed by atoms with E-state index in [1.165, 1.54) is 0 Å². The number of carbonyl (C=O) groups excluding carboxylic acids is 2. The van der Waals surface area contributed by atoms with Crippen LogP contribution >= 0.6 is 0 Å². The molecule has 0 N–H and O–H groups in total. The summed E-state index contributed by atoms with van der Waals surface area (Å²) in [5, 5.41) is 0. The molecule has 4 heterocycles. The smallest absolute Gasteiger partial charge is 0.227 e. The molecule has 6 heteroatoms. The summed E-state index contributed by atoms with van der Waals surface area (Å²) in [4.78, 5) is 36.2. The Kier molecular flexibility index (Phi) is 7.17. The van der Waals surface area contributed by atoms with E-state index in [0.29, 0.717) is 23.7 Å². The van der Waals surface area contributed by atoms with E-state index >= 15 is 0 Å². The summed E-state index contributed by atoms with van der Waals surface area (Å²) in [5.74, 6) is 2.26. The van der Waals surface area contributed by atoms with Gasteiger partial charge in [-0.25, -0.2) is 0 Å². The topological polar surface area (TPSA) is 47.1 Å². The first kappa shape index (κ1) is 27.9. The van der Waals surface area contributed by atoms with Gasteiger partial charge in [-0.1, -0.05) is 0 Å². The van der Waals surface area contributed by atoms with Crippen molar-refractivity contribution < 1.29 is 9.59 Å². The average Bonchev–Trinajstić information content (AvgIpc) is 3.10. The lowest BCUT2D eigenvalue weighted by atomic mass is 9.77. The molecular formula is C30H54N4O2. The van der Waals surface area contributed by atoms with Crippen LogP contribution in [0.5, 0.6) is 0 Å². The maximum absolute atomic E-state index is 13.5. The lowest BCUT2D eigenvalue weighted by Gasteiger charge is -2.43. The van der Waals surface area contributed by atoms with Gasteiger partial charge in [0.15, 0.2) is 0 Å². The van der Waals surface area contributed by atoms with Crippen molar-refractivity contribution in [1.82, 2.24) is 19.6 Å². The quantitative estimate of drug-likeness (QED) is 0.571. The molecule has 0 saturated carbocycles. The van der Waals surface area contributed by atoms with E-state index in [2.05, 4.69) is 89.1 Å². The van der Waals surface area contributed by atoms with Crippen LogP contribution in [0.15, 0.2) is 0 Å². The van der Waals surface area contributed by atoms with Crippen LogP contribution in [0.3, 0.4) is 0 Å². The van der Waals surface area contributed by atoms with Gasteiger partial charge in [0, 0.05) is 48.3 Å². The third-order valence-electron chi connectivity index (χ3n) is 11.6. The molecule has 2 unspecified atom stereocenters. The monoisotopic (exact) mass is 502 g/mol. The van der Waals surface area contributed by atoms with Crippen LogP contribution in [0.25, 0.3) is 0 Å². The molecule has 0 spiro atoms. The van der Waals surface area contributed by atoms with Gasteiger partial charge in [0.2, 0.25) is 11.8 Å². The highest BCUT2D eigenvalue weighted by atomic mass is 16.2. The van der Waals surface area contributed by atoms with E-state index in [4.69, 9.17) is 0 Å². The van der Waals surface area contributed by atoms with Crippen LogP contribution in [-0.4, -0.2) is 93.8 Å². The molecule has 4 saturated heterocycles. The number of nitrogens with zero attached hydrogens (tertiary/aromatic N) is 4. The molecule has 6 nitrogen and oxygen atoms in total. The Balaban J connectivity index is 1.28. The van der Waals surface area contributed by atoms with Crippen molar-refractivity contribution in [2.75, 3.05) is 40.3 Å². The zero-order chi connectivity index (χ0) is 26.8. The first-order valence-corrected chi connectivity index (χ1v) is 14.6. The molecule has 4 aliphatic rings. The average molecular weight is 503 g/mol. The van der Waals surface area contributed by atoms with Crippen LogP contribution in [0.2, 0.25) is 0 Å². The van der Waals surface area contributed by atoms with E-state index < -0.39 is 0 Å². The molecular weight excluding hydrogens is 448 g/mol. The van der Waals surface area contributed by atoms with Gasteiger partial charge in [0.1, 0.15) is 0 Å². The Labute approximate surface area is 221 Å². The fraction of sp³-hybridized carbons (Fsp3) is 0.933. The van der Waals surface area contributed by atoms with Gasteiger partial charge < -0.3 is 9.80 Å². The molecule has 0 aliphatic carbocycles. The molecule has 0 aromatic heterocycles. The number of amides is 2. The molecule has 4 aliphatic heterocycles. The highest BCUT2D eigenvalue weighted by molar-refractivity contribution is 5.81. The summed E-state index contributed by atoms with van der Waals surface area (Å²) in [6.45, 7) is 21.6. The normalized spacial score (nSPS) is 33.3. The van der Waals surface area contributed by atoms with Gasteiger partial charge in [-0.15, -0.1) is 0 Å². The number of hydrogen-bond acceptors (Lipinski definition) is 4. The van der Waals surface area contributed by atoms with E-state index in [9.17, 15) is 9.59 Å². The standard InChI is InChI=1S/C30H54N4O2/c1-27(2)19-23(29(5,6)31(27)9)25(35)33-15-11-21(12-16-33)22-13-17-34(18-14-22)26(36)24-20-28(3,4)32(10)30(24,7)8/h21-24H,11-20H2,1-10H3. The molecule has 2 amide bonds. The highest BCUT2D eigenvalue weighted by Gasteiger charge is 2.54. The Hall–Kier alpha value is -1.14. The van der Waals surface area contributed by atoms with Gasteiger partial charge >= 0.3 is 0 Å². The van der Waals surface area contributed by atoms with Crippen LogP contribution < -0.4 is 0 Å². The summed E-state index contributed by atoms with van der Waals surface area (Å²) < 4.78 is 0. The molecule has 0 aromatic rings. The largest absolute Gasteiger partial charge is 0.342 e. The highest BCUT2D eigenvalue weighted by Crippen LogP contribution is 2.46. The third kappa shape index (κ3) is 4.63. The van der Waals surface area contributed by atoms with Gasteiger partial charge in [-0.2, -0.15) is 0 Å². The van der Waals surface area contributed by atoms with Crippen LogP contribution in [-0.2, 0) is 9.59 Å². The van der Waals surface area contributed by atoms with Crippen LogP contribution in [0.4, 0.5) is 0 Å². The van der Waals surface area contributed by atoms with Crippen molar-refractivity contribution in [3.05, 3.63) is 0 Å². The lowest BCUT2D eigenvalue weighted by Crippen LogP contribution is -2.52. The first-order chi connectivity index (χ1) is 16.5. The van der Waals surface area contributed by atoms with Gasteiger partial charge in [-0.05, 0) is 120 Å². The number of hydrogen-bond donors (Lipinski definition) is 0. The fourth-order valence-corrected chi connectivity index (χ4v) is 8.20. The number of rotatable bonds is 3. The van der Waals surface area contributed by atoms with Crippen molar-refractivity contribution in [2.24, 2.45) is 23.7 Å². The SMILES string of the molecule is CN1C(C)(C)CC(C(=O)N2CCC(C3CCN(C(=O)C4CC(C)(C)N(C)C4(C)C)CC3)CC2)C1(C)C. The fourth-order valence-electron chi connectivity index (χ4n) is 8.20. The Morgan fingerprint density at radius 3 is 1.06 bits per heavy atom. The zero-order valence-corrected chi connectivity index (χ0v) is 25.0. The zero-order valence-electron chi connectivity index (χ0n) is 25.0. The molecule has 4 rings (SSSR count). The Bertz CT molecular complexity index is 777. The predicted octanol–water partition coefficient (Wildman–Crippen LogP) is 4.48. The van der Waals surface area contributed by atoms with E-state index in [-0.39, 0.29) is 34.0 Å². The maximum Gasteiger partial charge on any atom is 0.227 e.